The van der Waals surface area contributed by atoms with Crippen molar-refractivity contribution in [1.29, 1.82) is 0 Å². The van der Waals surface area contributed by atoms with Gasteiger partial charge in [-0.15, -0.1) is 0 Å². The molecule has 0 bridgehead atoms. The Morgan fingerprint density at radius 3 is 2.61 bits per heavy atom. The maximum absolute atomic E-state index is 11.2. The monoisotopic (exact) mass is 247 g/mol. The van der Waals surface area contributed by atoms with Gasteiger partial charge in [0.05, 0.1) is 5.92 Å². The fourth-order valence-electron chi connectivity index (χ4n) is 2.88. The molecule has 0 saturated heterocycles. The van der Waals surface area contributed by atoms with Crippen molar-refractivity contribution in [1.82, 2.24) is 0 Å². The van der Waals surface area contributed by atoms with Crippen molar-refractivity contribution >= 4 is 11.7 Å². The fraction of sp³-hybridized carbons (Fsp3) is 0.533. The summed E-state index contributed by atoms with van der Waals surface area (Å²) in [5, 5.41) is 9.25. The van der Waals surface area contributed by atoms with E-state index in [4.69, 9.17) is 0 Å². The van der Waals surface area contributed by atoms with Crippen LogP contribution in [-0.4, -0.2) is 23.2 Å². The van der Waals surface area contributed by atoms with Crippen LogP contribution in [-0.2, 0) is 11.2 Å². The summed E-state index contributed by atoms with van der Waals surface area (Å²) in [4.78, 5) is 13.5. The van der Waals surface area contributed by atoms with E-state index in [0.29, 0.717) is 6.04 Å². The third-order valence-corrected chi connectivity index (χ3v) is 3.82. The van der Waals surface area contributed by atoms with Crippen LogP contribution in [0.4, 0.5) is 5.69 Å². The molecule has 0 aromatic heterocycles. The number of carboxylic acids is 1. The zero-order valence-electron chi connectivity index (χ0n) is 11.5. The van der Waals surface area contributed by atoms with E-state index in [-0.39, 0.29) is 12.0 Å². The maximum Gasteiger partial charge on any atom is 0.308 e. The first-order valence-corrected chi connectivity index (χ1v) is 6.52. The number of rotatable bonds is 3. The van der Waals surface area contributed by atoms with Gasteiger partial charge in [-0.3, -0.25) is 4.79 Å². The summed E-state index contributed by atoms with van der Waals surface area (Å²) in [6.07, 6.45) is 0.836. The largest absolute Gasteiger partial charge is 0.481 e. The van der Waals surface area contributed by atoms with Crippen molar-refractivity contribution in [3.05, 3.63) is 29.3 Å². The Morgan fingerprint density at radius 1 is 1.39 bits per heavy atom. The highest BCUT2D eigenvalue weighted by Gasteiger charge is 2.37. The van der Waals surface area contributed by atoms with Crippen LogP contribution in [0.2, 0.25) is 0 Å². The van der Waals surface area contributed by atoms with Crippen LogP contribution in [0.3, 0.4) is 0 Å². The second-order valence-electron chi connectivity index (χ2n) is 5.53. The van der Waals surface area contributed by atoms with Gasteiger partial charge in [0.25, 0.3) is 0 Å². The number of fused-ring (bicyclic) bond motifs is 1. The van der Waals surface area contributed by atoms with Crippen molar-refractivity contribution < 1.29 is 9.90 Å². The molecule has 2 unspecified atom stereocenters. The van der Waals surface area contributed by atoms with Crippen molar-refractivity contribution in [3.8, 4) is 0 Å². The summed E-state index contributed by atoms with van der Waals surface area (Å²) in [5.74, 6) is -1.06. The molecule has 1 N–H and O–H groups in total. The lowest BCUT2D eigenvalue weighted by Gasteiger charge is -2.33. The number of aryl methyl sites for hydroxylation is 1. The average Bonchev–Trinajstić information content (AvgIpc) is 2.65. The van der Waals surface area contributed by atoms with Gasteiger partial charge in [0, 0.05) is 17.8 Å². The van der Waals surface area contributed by atoms with Crippen LogP contribution in [0.25, 0.3) is 0 Å². The molecule has 2 atom stereocenters. The second-order valence-corrected chi connectivity index (χ2v) is 5.53. The van der Waals surface area contributed by atoms with E-state index in [1.807, 2.05) is 0 Å². The molecule has 1 aromatic carbocycles. The molecule has 0 aliphatic carbocycles. The highest BCUT2D eigenvalue weighted by atomic mass is 16.4. The molecule has 1 aromatic rings. The smallest absolute Gasteiger partial charge is 0.308 e. The molecular formula is C15H21NO2. The van der Waals surface area contributed by atoms with Crippen molar-refractivity contribution in [3.63, 3.8) is 0 Å². The van der Waals surface area contributed by atoms with E-state index < -0.39 is 5.97 Å². The number of carboxylic acid groups (broad SMARTS) is 1. The number of carbonyl (C=O) groups is 1. The number of aliphatic carboxylic acids is 1. The van der Waals surface area contributed by atoms with E-state index >= 15 is 0 Å². The van der Waals surface area contributed by atoms with Crippen molar-refractivity contribution in [2.45, 2.75) is 46.2 Å². The number of hydrogen-bond acceptors (Lipinski definition) is 2. The third kappa shape index (κ3) is 2.09. The Bertz CT molecular complexity index is 468. The van der Waals surface area contributed by atoms with Gasteiger partial charge in [-0.05, 0) is 45.7 Å². The Kier molecular flexibility index (Phi) is 3.33. The van der Waals surface area contributed by atoms with Gasteiger partial charge in [-0.2, -0.15) is 0 Å². The highest BCUT2D eigenvalue weighted by molar-refractivity contribution is 5.73. The van der Waals surface area contributed by atoms with Gasteiger partial charge in [0.15, 0.2) is 0 Å². The van der Waals surface area contributed by atoms with Crippen LogP contribution < -0.4 is 4.90 Å². The predicted molar refractivity (Wildman–Crippen MR) is 73.1 cm³/mol. The molecule has 1 aliphatic heterocycles. The minimum absolute atomic E-state index is 0.0688. The van der Waals surface area contributed by atoms with Crippen LogP contribution in [0.5, 0.6) is 0 Å². The normalized spacial score (nSPS) is 20.1. The lowest BCUT2D eigenvalue weighted by atomic mass is 9.97. The summed E-state index contributed by atoms with van der Waals surface area (Å²) in [7, 11) is 0. The van der Waals surface area contributed by atoms with Crippen molar-refractivity contribution in [2.75, 3.05) is 4.90 Å². The molecular weight excluding hydrogens is 226 g/mol. The van der Waals surface area contributed by atoms with Gasteiger partial charge < -0.3 is 10.0 Å². The first kappa shape index (κ1) is 12.9. The molecule has 0 spiro atoms. The zero-order valence-corrected chi connectivity index (χ0v) is 11.5. The van der Waals surface area contributed by atoms with Gasteiger partial charge >= 0.3 is 5.97 Å². The van der Waals surface area contributed by atoms with Gasteiger partial charge in [0.1, 0.15) is 0 Å². The van der Waals surface area contributed by atoms with E-state index in [0.717, 1.165) is 6.42 Å². The molecule has 98 valence electrons. The minimum Gasteiger partial charge on any atom is -0.481 e. The average molecular weight is 247 g/mol. The Morgan fingerprint density at radius 2 is 2.06 bits per heavy atom. The topological polar surface area (TPSA) is 40.5 Å². The van der Waals surface area contributed by atoms with E-state index in [2.05, 4.69) is 43.9 Å². The second kappa shape index (κ2) is 4.63. The van der Waals surface area contributed by atoms with Gasteiger partial charge in [-0.25, -0.2) is 0 Å². The summed E-state index contributed by atoms with van der Waals surface area (Å²) in [6, 6.07) is 6.79. The third-order valence-electron chi connectivity index (χ3n) is 3.82. The maximum atomic E-state index is 11.2. The van der Waals surface area contributed by atoms with E-state index in [9.17, 15) is 9.90 Å². The van der Waals surface area contributed by atoms with Gasteiger partial charge in [-0.1, -0.05) is 17.7 Å². The fourth-order valence-corrected chi connectivity index (χ4v) is 2.88. The summed E-state index contributed by atoms with van der Waals surface area (Å²) < 4.78 is 0. The van der Waals surface area contributed by atoms with Crippen LogP contribution >= 0.6 is 0 Å². The Balaban J connectivity index is 2.40. The summed E-state index contributed by atoms with van der Waals surface area (Å²) in [6.45, 7) is 8.13. The number of nitrogens with zero attached hydrogens (tertiary/aromatic N) is 1. The summed E-state index contributed by atoms with van der Waals surface area (Å²) >= 11 is 0. The lowest BCUT2D eigenvalue weighted by Crippen LogP contribution is -2.44. The Labute approximate surface area is 108 Å². The molecule has 3 heteroatoms. The molecule has 1 heterocycles. The van der Waals surface area contributed by atoms with Crippen LogP contribution in [0.15, 0.2) is 18.2 Å². The minimum atomic E-state index is -0.713. The Hall–Kier alpha value is -1.51. The number of benzene rings is 1. The first-order valence-electron chi connectivity index (χ1n) is 6.52. The number of anilines is 1. The molecule has 0 saturated carbocycles. The quantitative estimate of drug-likeness (QED) is 0.893. The molecule has 18 heavy (non-hydrogen) atoms. The number of hydrogen-bond donors (Lipinski definition) is 1. The van der Waals surface area contributed by atoms with Crippen LogP contribution in [0.1, 0.15) is 31.9 Å². The lowest BCUT2D eigenvalue weighted by molar-refractivity contribution is -0.141. The highest BCUT2D eigenvalue weighted by Crippen LogP contribution is 2.37. The summed E-state index contributed by atoms with van der Waals surface area (Å²) in [5.41, 5.74) is 3.72. The molecule has 1 aliphatic rings. The van der Waals surface area contributed by atoms with E-state index in [1.54, 1.807) is 6.92 Å². The molecule has 0 fully saturated rings. The molecule has 0 amide bonds. The van der Waals surface area contributed by atoms with Gasteiger partial charge in [0.2, 0.25) is 0 Å². The van der Waals surface area contributed by atoms with Crippen molar-refractivity contribution in [2.24, 2.45) is 5.92 Å². The molecule has 3 nitrogen and oxygen atoms in total. The molecule has 0 radical (unpaired) electrons. The first-order chi connectivity index (χ1) is 8.41. The van der Waals surface area contributed by atoms with Crippen LogP contribution in [0, 0.1) is 12.8 Å². The molecule has 2 rings (SSSR count). The zero-order chi connectivity index (χ0) is 13.4. The van der Waals surface area contributed by atoms with E-state index in [1.165, 1.54) is 16.8 Å². The standard InChI is InChI=1S/C15H21NO2/c1-9(2)16-13-6-5-10(3)7-12(13)8-14(16)11(4)15(17)18/h5-7,9,11,14H,8H2,1-4H3,(H,17,18). The predicted octanol–water partition coefficient (Wildman–Crippen LogP) is 2.86. The SMILES string of the molecule is Cc1ccc2c(c1)CC(C(C)C(=O)O)N2C(C)C.